The maximum atomic E-state index is 5.74. The van der Waals surface area contributed by atoms with E-state index in [1.165, 1.54) is 51.4 Å². The summed E-state index contributed by atoms with van der Waals surface area (Å²) in [5.41, 5.74) is 3.61. The van der Waals surface area contributed by atoms with Crippen LogP contribution in [0.4, 0.5) is 0 Å². The molecule has 3 aliphatic rings. The van der Waals surface area contributed by atoms with Gasteiger partial charge in [-0.1, -0.05) is 17.6 Å². The van der Waals surface area contributed by atoms with E-state index in [0.29, 0.717) is 0 Å². The first kappa shape index (κ1) is 11.7. The highest BCUT2D eigenvalue weighted by atomic mass is 16.7. The van der Waals surface area contributed by atoms with E-state index in [4.69, 9.17) is 9.47 Å². The van der Waals surface area contributed by atoms with Crippen molar-refractivity contribution in [2.24, 2.45) is 5.92 Å². The molecule has 17 heavy (non-hydrogen) atoms. The van der Waals surface area contributed by atoms with Crippen LogP contribution in [-0.4, -0.2) is 19.5 Å². The molecule has 3 rings (SSSR count). The first-order chi connectivity index (χ1) is 8.43. The largest absolute Gasteiger partial charge is 0.353 e. The Morgan fingerprint density at radius 2 is 2.12 bits per heavy atom. The van der Waals surface area contributed by atoms with E-state index in [1.807, 2.05) is 5.57 Å². The van der Waals surface area contributed by atoms with Gasteiger partial charge in [-0.3, -0.25) is 0 Å². The Morgan fingerprint density at radius 1 is 1.18 bits per heavy atom. The Labute approximate surface area is 104 Å². The third kappa shape index (κ3) is 3.56. The Balaban J connectivity index is 1.20. The molecule has 1 aliphatic heterocycles. The predicted molar refractivity (Wildman–Crippen MR) is 67.8 cm³/mol. The molecule has 0 spiro atoms. The zero-order chi connectivity index (χ0) is 11.5. The summed E-state index contributed by atoms with van der Waals surface area (Å²) in [7, 11) is 0. The molecule has 2 heteroatoms. The van der Waals surface area contributed by atoms with E-state index in [0.717, 1.165) is 25.6 Å². The molecule has 0 aromatic heterocycles. The van der Waals surface area contributed by atoms with Crippen LogP contribution in [0.25, 0.3) is 0 Å². The number of rotatable bonds is 6. The van der Waals surface area contributed by atoms with Crippen LogP contribution < -0.4 is 0 Å². The van der Waals surface area contributed by atoms with Gasteiger partial charge in [-0.25, -0.2) is 0 Å². The molecular weight excluding hydrogens is 212 g/mol. The standard InChI is InChI=1S/C15H24O2/c1(5-13-11-14(13)12-7-8-12)3-9-16-15-6-2-4-10-17-15/h13,15H,1-11H2. The number of unbranched alkanes of at least 4 members (excludes halogenated alkanes) is 1. The smallest absolute Gasteiger partial charge is 0.157 e. The third-order valence-electron chi connectivity index (χ3n) is 4.14. The van der Waals surface area contributed by atoms with Gasteiger partial charge >= 0.3 is 0 Å². The van der Waals surface area contributed by atoms with Crippen molar-refractivity contribution in [2.45, 2.75) is 64.1 Å². The maximum absolute atomic E-state index is 5.74. The van der Waals surface area contributed by atoms with E-state index in [1.54, 1.807) is 5.57 Å². The van der Waals surface area contributed by atoms with Gasteiger partial charge in [0.1, 0.15) is 0 Å². The Kier molecular flexibility index (Phi) is 3.82. The quantitative estimate of drug-likeness (QED) is 0.516. The Hall–Kier alpha value is -0.340. The molecule has 0 bridgehead atoms. The van der Waals surface area contributed by atoms with Gasteiger partial charge in [-0.15, -0.1) is 0 Å². The average molecular weight is 236 g/mol. The van der Waals surface area contributed by atoms with E-state index >= 15 is 0 Å². The van der Waals surface area contributed by atoms with Gasteiger partial charge in [0.05, 0.1) is 0 Å². The third-order valence-corrected chi connectivity index (χ3v) is 4.14. The molecule has 1 saturated heterocycles. The van der Waals surface area contributed by atoms with Crippen molar-refractivity contribution in [1.82, 2.24) is 0 Å². The minimum absolute atomic E-state index is 0.105. The summed E-state index contributed by atoms with van der Waals surface area (Å²) in [4.78, 5) is 0. The van der Waals surface area contributed by atoms with E-state index in [2.05, 4.69) is 0 Å². The van der Waals surface area contributed by atoms with Gasteiger partial charge in [0.15, 0.2) is 6.29 Å². The molecule has 0 radical (unpaired) electrons. The molecule has 2 saturated carbocycles. The molecule has 2 unspecified atom stereocenters. The Bertz CT molecular complexity index is 283. The van der Waals surface area contributed by atoms with Crippen molar-refractivity contribution in [3.05, 3.63) is 11.1 Å². The predicted octanol–water partition coefficient (Wildman–Crippen LogP) is 3.81. The lowest BCUT2D eigenvalue weighted by Crippen LogP contribution is -2.22. The van der Waals surface area contributed by atoms with E-state index in [-0.39, 0.29) is 6.29 Å². The Morgan fingerprint density at radius 3 is 2.88 bits per heavy atom. The summed E-state index contributed by atoms with van der Waals surface area (Å²) in [6, 6.07) is 0. The van der Waals surface area contributed by atoms with E-state index in [9.17, 15) is 0 Å². The number of allylic oxidation sites excluding steroid dienone is 2. The van der Waals surface area contributed by atoms with Crippen molar-refractivity contribution in [2.75, 3.05) is 13.2 Å². The van der Waals surface area contributed by atoms with Gasteiger partial charge in [0.25, 0.3) is 0 Å². The van der Waals surface area contributed by atoms with Crippen LogP contribution in [0.1, 0.15) is 57.8 Å². The second kappa shape index (κ2) is 5.53. The summed E-state index contributed by atoms with van der Waals surface area (Å²) < 4.78 is 11.3. The van der Waals surface area contributed by atoms with Crippen molar-refractivity contribution >= 4 is 0 Å². The fourth-order valence-electron chi connectivity index (χ4n) is 2.85. The number of hydrogen-bond donors (Lipinski definition) is 0. The normalized spacial score (nSPS) is 31.8. The molecule has 0 aromatic rings. The molecule has 3 fully saturated rings. The topological polar surface area (TPSA) is 18.5 Å². The van der Waals surface area contributed by atoms with Crippen molar-refractivity contribution in [3.63, 3.8) is 0 Å². The zero-order valence-electron chi connectivity index (χ0n) is 10.7. The molecule has 96 valence electrons. The molecular formula is C15H24O2. The summed E-state index contributed by atoms with van der Waals surface area (Å²) in [5.74, 6) is 0.971. The van der Waals surface area contributed by atoms with Gasteiger partial charge in [-0.05, 0) is 57.3 Å². The lowest BCUT2D eigenvalue weighted by molar-refractivity contribution is -0.162. The summed E-state index contributed by atoms with van der Waals surface area (Å²) in [6.45, 7) is 1.78. The summed E-state index contributed by atoms with van der Waals surface area (Å²) >= 11 is 0. The molecule has 2 atom stereocenters. The monoisotopic (exact) mass is 236 g/mol. The average Bonchev–Trinajstić information content (AvgIpc) is 3.23. The number of ether oxygens (including phenoxy) is 2. The van der Waals surface area contributed by atoms with Crippen molar-refractivity contribution < 1.29 is 9.47 Å². The molecule has 0 amide bonds. The molecule has 0 N–H and O–H groups in total. The summed E-state index contributed by atoms with van der Waals surface area (Å²) in [5, 5.41) is 0. The number of hydrogen-bond acceptors (Lipinski definition) is 2. The zero-order valence-corrected chi connectivity index (χ0v) is 10.7. The van der Waals surface area contributed by atoms with Crippen molar-refractivity contribution in [1.29, 1.82) is 0 Å². The molecule has 2 nitrogen and oxygen atoms in total. The second-order valence-corrected chi connectivity index (χ2v) is 5.69. The van der Waals surface area contributed by atoms with Crippen LogP contribution in [0, 0.1) is 5.92 Å². The fourth-order valence-corrected chi connectivity index (χ4v) is 2.85. The van der Waals surface area contributed by atoms with Crippen LogP contribution in [0.2, 0.25) is 0 Å². The lowest BCUT2D eigenvalue weighted by Gasteiger charge is -2.22. The maximum Gasteiger partial charge on any atom is 0.157 e. The second-order valence-electron chi connectivity index (χ2n) is 5.69. The van der Waals surface area contributed by atoms with Gasteiger partial charge < -0.3 is 9.47 Å². The van der Waals surface area contributed by atoms with Gasteiger partial charge in [0.2, 0.25) is 0 Å². The minimum atomic E-state index is 0.105. The van der Waals surface area contributed by atoms with Crippen LogP contribution in [0.5, 0.6) is 0 Å². The summed E-state index contributed by atoms with van der Waals surface area (Å²) in [6.07, 6.45) is 11.8. The van der Waals surface area contributed by atoms with Crippen LogP contribution in [0.15, 0.2) is 11.1 Å². The van der Waals surface area contributed by atoms with Crippen LogP contribution >= 0.6 is 0 Å². The van der Waals surface area contributed by atoms with Crippen LogP contribution in [0.3, 0.4) is 0 Å². The lowest BCUT2D eigenvalue weighted by atomic mass is 10.1. The van der Waals surface area contributed by atoms with E-state index < -0.39 is 0 Å². The molecule has 2 aliphatic carbocycles. The van der Waals surface area contributed by atoms with Crippen LogP contribution in [-0.2, 0) is 9.47 Å². The molecule has 1 heterocycles. The highest BCUT2D eigenvalue weighted by Crippen LogP contribution is 2.50. The first-order valence-electron chi connectivity index (χ1n) is 7.37. The van der Waals surface area contributed by atoms with Crippen molar-refractivity contribution in [3.8, 4) is 0 Å². The first-order valence-corrected chi connectivity index (χ1v) is 7.37. The highest BCUT2D eigenvalue weighted by molar-refractivity contribution is 5.36. The molecule has 0 aromatic carbocycles. The fraction of sp³-hybridized carbons (Fsp3) is 0.867. The highest BCUT2D eigenvalue weighted by Gasteiger charge is 2.35. The SMILES string of the molecule is C1CCC(OCCCCC2CC2=C2CC2)OC1. The van der Waals surface area contributed by atoms with Gasteiger partial charge in [0, 0.05) is 13.2 Å². The minimum Gasteiger partial charge on any atom is -0.353 e. The van der Waals surface area contributed by atoms with Gasteiger partial charge in [-0.2, -0.15) is 0 Å².